The first kappa shape index (κ1) is 19.3. The molecule has 0 spiro atoms. The van der Waals surface area contributed by atoms with E-state index in [9.17, 15) is 4.79 Å². The standard InChI is InChI=1S/C11H11BrN2.C10H9BrO/c12-10-3-1-2-8-6-11(14,7-13)5-4-9(8)10;11-10-3-1-2-7-6-8(12)4-5-9(7)10/h1-3H,4-6,14H2;1-3H,4-6H2. The van der Waals surface area contributed by atoms with Crippen LogP contribution in [0.4, 0.5) is 0 Å². The van der Waals surface area contributed by atoms with E-state index in [1.807, 2.05) is 30.3 Å². The molecule has 3 nitrogen and oxygen atoms in total. The second-order valence-corrected chi connectivity index (χ2v) is 8.62. The summed E-state index contributed by atoms with van der Waals surface area (Å²) in [5, 5.41) is 8.96. The van der Waals surface area contributed by atoms with E-state index in [1.165, 1.54) is 22.3 Å². The van der Waals surface area contributed by atoms with Gasteiger partial charge in [0.05, 0.1) is 6.07 Å². The predicted octanol–water partition coefficient (Wildman–Crippen LogP) is 4.67. The molecule has 2 aromatic rings. The molecule has 2 aliphatic carbocycles. The molecule has 0 saturated carbocycles. The lowest BCUT2D eigenvalue weighted by Crippen LogP contribution is -2.43. The minimum Gasteiger partial charge on any atom is -0.313 e. The number of Topliss-reactive ketones (excluding diaryl/α,β-unsaturated/α-hetero) is 1. The lowest BCUT2D eigenvalue weighted by Gasteiger charge is -2.28. The Morgan fingerprint density at radius 1 is 0.962 bits per heavy atom. The summed E-state index contributed by atoms with van der Waals surface area (Å²) in [6.07, 6.45) is 4.53. The number of carbonyl (C=O) groups is 1. The van der Waals surface area contributed by atoms with Crippen LogP contribution in [-0.2, 0) is 30.5 Å². The fourth-order valence-corrected chi connectivity index (χ4v) is 4.75. The molecule has 0 heterocycles. The predicted molar refractivity (Wildman–Crippen MR) is 110 cm³/mol. The Morgan fingerprint density at radius 2 is 1.58 bits per heavy atom. The van der Waals surface area contributed by atoms with Crippen LogP contribution in [-0.4, -0.2) is 11.3 Å². The number of nitrogens with two attached hydrogens (primary N) is 1. The molecule has 0 bridgehead atoms. The maximum atomic E-state index is 11.1. The SMILES string of the molecule is N#CC1(N)CCc2c(Br)cccc2C1.O=C1CCc2c(Br)cccc2C1. The highest BCUT2D eigenvalue weighted by molar-refractivity contribution is 9.10. The number of halogens is 2. The molecular formula is C21H20Br2N2O. The number of ketones is 1. The second kappa shape index (κ2) is 8.04. The molecule has 0 fully saturated rings. The van der Waals surface area contributed by atoms with Crippen molar-refractivity contribution in [2.45, 2.75) is 44.1 Å². The fraction of sp³-hybridized carbons (Fsp3) is 0.333. The van der Waals surface area contributed by atoms with Crippen LogP contribution < -0.4 is 5.73 Å². The van der Waals surface area contributed by atoms with Gasteiger partial charge in [-0.25, -0.2) is 0 Å². The van der Waals surface area contributed by atoms with Crippen LogP contribution in [0.1, 0.15) is 35.1 Å². The first-order valence-electron chi connectivity index (χ1n) is 8.66. The Kier molecular flexibility index (Phi) is 5.96. The average molecular weight is 476 g/mol. The second-order valence-electron chi connectivity index (χ2n) is 6.92. The Balaban J connectivity index is 0.000000152. The molecule has 5 heteroatoms. The third-order valence-electron chi connectivity index (χ3n) is 5.02. The third kappa shape index (κ3) is 4.25. The number of fused-ring (bicyclic) bond motifs is 2. The Bertz CT molecular complexity index is 888. The molecule has 0 amide bonds. The van der Waals surface area contributed by atoms with Crippen molar-refractivity contribution in [2.24, 2.45) is 5.73 Å². The zero-order chi connectivity index (χ0) is 18.7. The monoisotopic (exact) mass is 474 g/mol. The zero-order valence-electron chi connectivity index (χ0n) is 14.4. The van der Waals surface area contributed by atoms with Crippen LogP contribution in [0.3, 0.4) is 0 Å². The van der Waals surface area contributed by atoms with Gasteiger partial charge in [0, 0.05) is 28.2 Å². The molecule has 1 unspecified atom stereocenters. The van der Waals surface area contributed by atoms with Gasteiger partial charge in [0.25, 0.3) is 0 Å². The van der Waals surface area contributed by atoms with Crippen LogP contribution in [0.5, 0.6) is 0 Å². The summed E-state index contributed by atoms with van der Waals surface area (Å²) in [6.45, 7) is 0. The third-order valence-corrected chi connectivity index (χ3v) is 6.51. The van der Waals surface area contributed by atoms with Gasteiger partial charge in [-0.3, -0.25) is 4.79 Å². The number of rotatable bonds is 0. The minimum atomic E-state index is -0.659. The van der Waals surface area contributed by atoms with Crippen LogP contribution in [0, 0.1) is 11.3 Å². The van der Waals surface area contributed by atoms with E-state index < -0.39 is 5.54 Å². The number of hydrogen-bond donors (Lipinski definition) is 1. The van der Waals surface area contributed by atoms with Crippen molar-refractivity contribution in [1.29, 1.82) is 5.26 Å². The molecule has 0 aliphatic heterocycles. The Morgan fingerprint density at radius 3 is 2.23 bits per heavy atom. The first-order chi connectivity index (χ1) is 12.4. The molecule has 0 radical (unpaired) electrons. The summed E-state index contributed by atoms with van der Waals surface area (Å²) >= 11 is 7.01. The normalized spacial score (nSPS) is 20.9. The molecule has 0 aromatic heterocycles. The number of hydrogen-bond acceptors (Lipinski definition) is 3. The van der Waals surface area contributed by atoms with Gasteiger partial charge in [0.15, 0.2) is 0 Å². The Hall–Kier alpha value is -1.48. The summed E-state index contributed by atoms with van der Waals surface area (Å²) in [4.78, 5) is 11.1. The van der Waals surface area contributed by atoms with Crippen molar-refractivity contribution >= 4 is 37.6 Å². The topological polar surface area (TPSA) is 66.9 Å². The van der Waals surface area contributed by atoms with Crippen LogP contribution in [0.2, 0.25) is 0 Å². The highest BCUT2D eigenvalue weighted by atomic mass is 79.9. The highest BCUT2D eigenvalue weighted by Gasteiger charge is 2.30. The van der Waals surface area contributed by atoms with E-state index >= 15 is 0 Å². The van der Waals surface area contributed by atoms with E-state index in [-0.39, 0.29) is 0 Å². The van der Waals surface area contributed by atoms with Gasteiger partial charge >= 0.3 is 0 Å². The molecular weight excluding hydrogens is 456 g/mol. The lowest BCUT2D eigenvalue weighted by atomic mass is 9.80. The first-order valence-corrected chi connectivity index (χ1v) is 10.2. The molecule has 2 aromatic carbocycles. The van der Waals surface area contributed by atoms with Gasteiger partial charge < -0.3 is 5.73 Å². The maximum Gasteiger partial charge on any atom is 0.137 e. The van der Waals surface area contributed by atoms with E-state index in [0.29, 0.717) is 25.0 Å². The molecule has 2 aliphatic rings. The van der Waals surface area contributed by atoms with E-state index in [0.717, 1.165) is 28.2 Å². The fourth-order valence-electron chi connectivity index (χ4n) is 3.53. The van der Waals surface area contributed by atoms with Gasteiger partial charge in [0.2, 0.25) is 0 Å². The summed E-state index contributed by atoms with van der Waals surface area (Å²) in [7, 11) is 0. The summed E-state index contributed by atoms with van der Waals surface area (Å²) < 4.78 is 2.28. The maximum absolute atomic E-state index is 11.1. The van der Waals surface area contributed by atoms with Gasteiger partial charge in [-0.15, -0.1) is 0 Å². The summed E-state index contributed by atoms with van der Waals surface area (Å²) in [5.41, 5.74) is 10.3. The molecule has 134 valence electrons. The van der Waals surface area contributed by atoms with Crippen molar-refractivity contribution in [3.8, 4) is 6.07 Å². The van der Waals surface area contributed by atoms with Gasteiger partial charge in [-0.2, -0.15) is 5.26 Å². The quantitative estimate of drug-likeness (QED) is 0.602. The Labute approximate surface area is 170 Å². The summed E-state index contributed by atoms with van der Waals surface area (Å²) in [6, 6.07) is 14.3. The smallest absolute Gasteiger partial charge is 0.137 e. The average Bonchev–Trinajstić information content (AvgIpc) is 2.62. The van der Waals surface area contributed by atoms with E-state index in [2.05, 4.69) is 44.0 Å². The number of nitriles is 1. The summed E-state index contributed by atoms with van der Waals surface area (Å²) in [5.74, 6) is 0.362. The van der Waals surface area contributed by atoms with Crippen molar-refractivity contribution in [1.82, 2.24) is 0 Å². The van der Waals surface area contributed by atoms with E-state index in [4.69, 9.17) is 11.0 Å². The van der Waals surface area contributed by atoms with Crippen molar-refractivity contribution < 1.29 is 4.79 Å². The van der Waals surface area contributed by atoms with Gasteiger partial charge in [-0.05, 0) is 53.6 Å². The van der Waals surface area contributed by atoms with Gasteiger partial charge in [-0.1, -0.05) is 56.1 Å². The molecule has 2 N–H and O–H groups in total. The van der Waals surface area contributed by atoms with E-state index in [1.54, 1.807) is 0 Å². The minimum absolute atomic E-state index is 0.362. The highest BCUT2D eigenvalue weighted by Crippen LogP contribution is 2.31. The van der Waals surface area contributed by atoms with Crippen molar-refractivity contribution in [2.75, 3.05) is 0 Å². The van der Waals surface area contributed by atoms with Crippen molar-refractivity contribution in [3.63, 3.8) is 0 Å². The zero-order valence-corrected chi connectivity index (χ0v) is 17.6. The molecule has 4 rings (SSSR count). The molecule has 26 heavy (non-hydrogen) atoms. The lowest BCUT2D eigenvalue weighted by molar-refractivity contribution is -0.118. The largest absolute Gasteiger partial charge is 0.313 e. The molecule has 1 atom stereocenters. The van der Waals surface area contributed by atoms with Crippen molar-refractivity contribution in [3.05, 3.63) is 67.6 Å². The number of nitrogens with zero attached hydrogens (tertiary/aromatic N) is 1. The van der Waals surface area contributed by atoms with Crippen LogP contribution in [0.15, 0.2) is 45.3 Å². The number of benzene rings is 2. The van der Waals surface area contributed by atoms with Crippen LogP contribution >= 0.6 is 31.9 Å². The van der Waals surface area contributed by atoms with Crippen LogP contribution in [0.25, 0.3) is 0 Å². The molecule has 0 saturated heterocycles. The number of carbonyl (C=O) groups excluding carboxylic acids is 1. The van der Waals surface area contributed by atoms with Gasteiger partial charge in [0.1, 0.15) is 11.3 Å².